The normalized spacial score (nSPS) is 11.0. The predicted molar refractivity (Wildman–Crippen MR) is 84.8 cm³/mol. The molecule has 0 saturated heterocycles. The molecule has 20 heavy (non-hydrogen) atoms. The van der Waals surface area contributed by atoms with Crippen molar-refractivity contribution in [3.05, 3.63) is 65.4 Å². The second-order valence-electron chi connectivity index (χ2n) is 5.68. The number of hydrogen-bond acceptors (Lipinski definition) is 0. The summed E-state index contributed by atoms with van der Waals surface area (Å²) < 4.78 is 2.23. The summed E-state index contributed by atoms with van der Waals surface area (Å²) in [5, 5.41) is 2.62. The van der Waals surface area contributed by atoms with E-state index in [-0.39, 0.29) is 0 Å². The van der Waals surface area contributed by atoms with E-state index in [1.165, 1.54) is 38.7 Å². The molecule has 0 aliphatic rings. The number of rotatable bonds is 1. The van der Waals surface area contributed by atoms with Crippen molar-refractivity contribution in [1.82, 2.24) is 0 Å². The van der Waals surface area contributed by atoms with Crippen molar-refractivity contribution >= 4 is 10.8 Å². The lowest BCUT2D eigenvalue weighted by Gasteiger charge is -2.09. The smallest absolute Gasteiger partial charge is 0.200 e. The van der Waals surface area contributed by atoms with E-state index >= 15 is 0 Å². The zero-order valence-corrected chi connectivity index (χ0v) is 12.6. The number of pyridine rings is 1. The third-order valence-electron chi connectivity index (χ3n) is 3.94. The molecule has 0 bridgehead atoms. The first-order valence-electron chi connectivity index (χ1n) is 7.03. The van der Waals surface area contributed by atoms with Gasteiger partial charge in [-0.3, -0.25) is 0 Å². The Kier molecular flexibility index (Phi) is 3.06. The van der Waals surface area contributed by atoms with Crippen molar-refractivity contribution < 1.29 is 4.57 Å². The summed E-state index contributed by atoms with van der Waals surface area (Å²) in [6.07, 6.45) is 2.15. The minimum atomic E-state index is 1.30. The fourth-order valence-electron chi connectivity index (χ4n) is 2.80. The molecule has 0 aliphatic heterocycles. The van der Waals surface area contributed by atoms with Gasteiger partial charge in [0.1, 0.15) is 7.05 Å². The molecule has 0 fully saturated rings. The Balaban J connectivity index is 2.43. The highest BCUT2D eigenvalue weighted by Crippen LogP contribution is 2.29. The summed E-state index contributed by atoms with van der Waals surface area (Å²) in [6.45, 7) is 6.49. The van der Waals surface area contributed by atoms with E-state index in [0.717, 1.165) is 0 Å². The Morgan fingerprint density at radius 3 is 2.30 bits per heavy atom. The van der Waals surface area contributed by atoms with Gasteiger partial charge in [-0.2, -0.15) is 0 Å². The SMILES string of the molecule is Cc1ccc(C)c(-c2c3cc(C)ccc3cc[n+]2C)c1. The summed E-state index contributed by atoms with van der Waals surface area (Å²) in [6, 6.07) is 15.5. The standard InChI is InChI=1S/C19H20N/c1-13-5-7-15(3)17(11-13)19-18-12-14(2)6-8-16(18)9-10-20(19)4/h5-12H,1-4H3/q+1. The molecule has 0 spiro atoms. The average Bonchev–Trinajstić information content (AvgIpc) is 2.42. The van der Waals surface area contributed by atoms with Crippen LogP contribution >= 0.6 is 0 Å². The van der Waals surface area contributed by atoms with Gasteiger partial charge >= 0.3 is 0 Å². The van der Waals surface area contributed by atoms with E-state index < -0.39 is 0 Å². The Hall–Kier alpha value is -2.15. The zero-order valence-electron chi connectivity index (χ0n) is 12.6. The second kappa shape index (κ2) is 4.75. The van der Waals surface area contributed by atoms with Gasteiger partial charge in [0.05, 0.1) is 5.39 Å². The monoisotopic (exact) mass is 262 g/mol. The molecule has 1 heterocycles. The van der Waals surface area contributed by atoms with Crippen molar-refractivity contribution in [3.8, 4) is 11.3 Å². The molecule has 1 heteroatoms. The lowest BCUT2D eigenvalue weighted by molar-refractivity contribution is -0.659. The highest BCUT2D eigenvalue weighted by atomic mass is 14.9. The van der Waals surface area contributed by atoms with Crippen LogP contribution in [0.2, 0.25) is 0 Å². The van der Waals surface area contributed by atoms with Gasteiger partial charge in [0.15, 0.2) is 6.20 Å². The third kappa shape index (κ3) is 2.09. The highest BCUT2D eigenvalue weighted by molar-refractivity contribution is 5.94. The van der Waals surface area contributed by atoms with Crippen molar-refractivity contribution in [3.63, 3.8) is 0 Å². The zero-order chi connectivity index (χ0) is 14.3. The van der Waals surface area contributed by atoms with E-state index in [2.05, 4.69) is 81.0 Å². The molecule has 0 radical (unpaired) electrons. The van der Waals surface area contributed by atoms with E-state index in [1.807, 2.05) is 0 Å². The largest absolute Gasteiger partial charge is 0.220 e. The van der Waals surface area contributed by atoms with Crippen LogP contribution in [-0.4, -0.2) is 0 Å². The van der Waals surface area contributed by atoms with Gasteiger partial charge in [0.2, 0.25) is 5.69 Å². The van der Waals surface area contributed by atoms with Crippen molar-refractivity contribution in [2.24, 2.45) is 7.05 Å². The summed E-state index contributed by atoms with van der Waals surface area (Å²) >= 11 is 0. The molecule has 1 nitrogen and oxygen atoms in total. The molecule has 2 aromatic carbocycles. The quantitative estimate of drug-likeness (QED) is 0.577. The number of nitrogens with zero attached hydrogens (tertiary/aromatic N) is 1. The van der Waals surface area contributed by atoms with E-state index in [4.69, 9.17) is 0 Å². The molecular formula is C19H20N+. The van der Waals surface area contributed by atoms with Crippen molar-refractivity contribution in [2.45, 2.75) is 20.8 Å². The second-order valence-corrected chi connectivity index (χ2v) is 5.68. The fourth-order valence-corrected chi connectivity index (χ4v) is 2.80. The highest BCUT2D eigenvalue weighted by Gasteiger charge is 2.17. The number of aryl methyl sites for hydroxylation is 4. The molecule has 0 saturated carbocycles. The summed E-state index contributed by atoms with van der Waals surface area (Å²) in [5.74, 6) is 0. The molecule has 100 valence electrons. The van der Waals surface area contributed by atoms with Gasteiger partial charge in [-0.25, -0.2) is 4.57 Å². The molecule has 3 aromatic rings. The van der Waals surface area contributed by atoms with Crippen LogP contribution in [0.15, 0.2) is 48.7 Å². The number of hydrogen-bond donors (Lipinski definition) is 0. The Morgan fingerprint density at radius 1 is 0.800 bits per heavy atom. The van der Waals surface area contributed by atoms with Crippen LogP contribution in [0.25, 0.3) is 22.0 Å². The van der Waals surface area contributed by atoms with Crippen LogP contribution in [0.4, 0.5) is 0 Å². The molecule has 0 unspecified atom stereocenters. The summed E-state index contributed by atoms with van der Waals surface area (Å²) in [5.41, 5.74) is 6.54. The van der Waals surface area contributed by atoms with Gasteiger partial charge < -0.3 is 0 Å². The van der Waals surface area contributed by atoms with Crippen molar-refractivity contribution in [2.75, 3.05) is 0 Å². The maximum atomic E-state index is 2.28. The number of benzene rings is 2. The lowest BCUT2D eigenvalue weighted by Crippen LogP contribution is -2.30. The maximum Gasteiger partial charge on any atom is 0.220 e. The van der Waals surface area contributed by atoms with Crippen LogP contribution in [0.5, 0.6) is 0 Å². The fraction of sp³-hybridized carbons (Fsp3) is 0.211. The average molecular weight is 262 g/mol. The Labute approximate surface area is 120 Å². The molecular weight excluding hydrogens is 242 g/mol. The van der Waals surface area contributed by atoms with E-state index in [1.54, 1.807) is 0 Å². The predicted octanol–water partition coefficient (Wildman–Crippen LogP) is 4.26. The molecule has 1 aromatic heterocycles. The molecule has 0 N–H and O–H groups in total. The van der Waals surface area contributed by atoms with Crippen molar-refractivity contribution in [1.29, 1.82) is 0 Å². The summed E-state index contributed by atoms with van der Waals surface area (Å²) in [7, 11) is 2.12. The number of fused-ring (bicyclic) bond motifs is 1. The van der Waals surface area contributed by atoms with Gasteiger partial charge in [0.25, 0.3) is 0 Å². The first-order valence-corrected chi connectivity index (χ1v) is 7.03. The first kappa shape index (κ1) is 12.9. The van der Waals surface area contributed by atoms with Crippen LogP contribution in [0, 0.1) is 20.8 Å². The van der Waals surface area contributed by atoms with Gasteiger partial charge in [0, 0.05) is 11.6 Å². The number of aromatic nitrogens is 1. The topological polar surface area (TPSA) is 3.88 Å². The van der Waals surface area contributed by atoms with Gasteiger partial charge in [-0.05, 0) is 43.9 Å². The van der Waals surface area contributed by atoms with Crippen LogP contribution in [0.3, 0.4) is 0 Å². The van der Waals surface area contributed by atoms with E-state index in [0.29, 0.717) is 0 Å². The maximum absolute atomic E-state index is 2.28. The van der Waals surface area contributed by atoms with E-state index in [9.17, 15) is 0 Å². The molecule has 0 amide bonds. The summed E-state index contributed by atoms with van der Waals surface area (Å²) in [4.78, 5) is 0. The first-order chi connectivity index (χ1) is 9.56. The molecule has 0 atom stereocenters. The van der Waals surface area contributed by atoms with Crippen LogP contribution in [-0.2, 0) is 7.05 Å². The minimum Gasteiger partial charge on any atom is -0.200 e. The Bertz CT molecular complexity index is 795. The molecule has 3 rings (SSSR count). The molecule has 0 aliphatic carbocycles. The Morgan fingerprint density at radius 2 is 1.50 bits per heavy atom. The minimum absolute atomic E-state index is 1.30. The van der Waals surface area contributed by atoms with Gasteiger partial charge in [-0.15, -0.1) is 0 Å². The van der Waals surface area contributed by atoms with Crippen LogP contribution in [0.1, 0.15) is 16.7 Å². The van der Waals surface area contributed by atoms with Crippen LogP contribution < -0.4 is 4.57 Å². The third-order valence-corrected chi connectivity index (χ3v) is 3.94. The van der Waals surface area contributed by atoms with Gasteiger partial charge in [-0.1, -0.05) is 35.4 Å². The lowest BCUT2D eigenvalue weighted by atomic mass is 9.97.